The summed E-state index contributed by atoms with van der Waals surface area (Å²) in [4.78, 5) is 2.60. The standard InChI is InChI=1S/C16H17BrN2S/c1-11-4-3-5-12(8-11)10-19(2)13-6-7-14(16(18)20)15(17)9-13/h3-9H,10H2,1-2H3,(H2,18,20). The lowest BCUT2D eigenvalue weighted by Crippen LogP contribution is -2.17. The van der Waals surface area contributed by atoms with E-state index in [2.05, 4.69) is 59.1 Å². The van der Waals surface area contributed by atoms with Gasteiger partial charge in [-0.2, -0.15) is 0 Å². The Morgan fingerprint density at radius 3 is 2.60 bits per heavy atom. The Balaban J connectivity index is 2.19. The maximum atomic E-state index is 5.67. The van der Waals surface area contributed by atoms with Gasteiger partial charge in [-0.25, -0.2) is 0 Å². The third kappa shape index (κ3) is 3.58. The largest absolute Gasteiger partial charge is 0.389 e. The number of anilines is 1. The molecule has 0 aromatic heterocycles. The van der Waals surface area contributed by atoms with Gasteiger partial charge >= 0.3 is 0 Å². The summed E-state index contributed by atoms with van der Waals surface area (Å²) in [6.45, 7) is 2.97. The van der Waals surface area contributed by atoms with Crippen LogP contribution in [0.3, 0.4) is 0 Å². The van der Waals surface area contributed by atoms with Crippen LogP contribution in [0.25, 0.3) is 0 Å². The van der Waals surface area contributed by atoms with E-state index < -0.39 is 0 Å². The van der Waals surface area contributed by atoms with Crippen LogP contribution in [0.2, 0.25) is 0 Å². The molecule has 0 bridgehead atoms. The number of rotatable bonds is 4. The monoisotopic (exact) mass is 348 g/mol. The highest BCUT2D eigenvalue weighted by Gasteiger charge is 2.07. The highest BCUT2D eigenvalue weighted by atomic mass is 79.9. The van der Waals surface area contributed by atoms with Crippen LogP contribution in [0.15, 0.2) is 46.9 Å². The molecule has 0 aliphatic carbocycles. The highest BCUT2D eigenvalue weighted by molar-refractivity contribution is 9.10. The number of thiocarbonyl (C=S) groups is 1. The lowest BCUT2D eigenvalue weighted by molar-refractivity contribution is 0.921. The van der Waals surface area contributed by atoms with E-state index in [4.69, 9.17) is 18.0 Å². The Morgan fingerprint density at radius 1 is 1.25 bits per heavy atom. The lowest BCUT2D eigenvalue weighted by Gasteiger charge is -2.20. The van der Waals surface area contributed by atoms with Crippen molar-refractivity contribution in [3.8, 4) is 0 Å². The lowest BCUT2D eigenvalue weighted by atomic mass is 10.1. The van der Waals surface area contributed by atoms with E-state index in [9.17, 15) is 0 Å². The van der Waals surface area contributed by atoms with Gasteiger partial charge in [0, 0.05) is 29.3 Å². The van der Waals surface area contributed by atoms with E-state index >= 15 is 0 Å². The molecule has 0 aliphatic heterocycles. The summed E-state index contributed by atoms with van der Waals surface area (Å²) in [5, 5.41) is 0. The molecular weight excluding hydrogens is 332 g/mol. The molecule has 0 unspecified atom stereocenters. The normalized spacial score (nSPS) is 10.3. The van der Waals surface area contributed by atoms with Crippen molar-refractivity contribution in [2.75, 3.05) is 11.9 Å². The van der Waals surface area contributed by atoms with Crippen molar-refractivity contribution in [3.05, 3.63) is 63.6 Å². The van der Waals surface area contributed by atoms with Gasteiger partial charge in [0.05, 0.1) is 0 Å². The van der Waals surface area contributed by atoms with Gasteiger partial charge in [-0.1, -0.05) is 42.0 Å². The Bertz CT molecular complexity index is 640. The molecule has 0 heterocycles. The Labute approximate surface area is 133 Å². The van der Waals surface area contributed by atoms with Crippen LogP contribution in [-0.2, 0) is 6.54 Å². The third-order valence-corrected chi connectivity index (χ3v) is 4.04. The van der Waals surface area contributed by atoms with Crippen LogP contribution in [0.1, 0.15) is 16.7 Å². The fourth-order valence-corrected chi connectivity index (χ4v) is 3.01. The molecule has 2 nitrogen and oxygen atoms in total. The summed E-state index contributed by atoms with van der Waals surface area (Å²) in [5.41, 5.74) is 10.2. The smallest absolute Gasteiger partial charge is 0.105 e. The van der Waals surface area contributed by atoms with E-state index in [1.54, 1.807) is 0 Å². The SMILES string of the molecule is Cc1cccc(CN(C)c2ccc(C(N)=S)c(Br)c2)c1. The summed E-state index contributed by atoms with van der Waals surface area (Å²) in [7, 11) is 2.07. The van der Waals surface area contributed by atoms with Crippen molar-refractivity contribution in [2.24, 2.45) is 5.73 Å². The summed E-state index contributed by atoms with van der Waals surface area (Å²) in [5.74, 6) is 0. The molecule has 4 heteroatoms. The van der Waals surface area contributed by atoms with E-state index in [-0.39, 0.29) is 0 Å². The van der Waals surface area contributed by atoms with E-state index in [1.807, 2.05) is 18.2 Å². The minimum absolute atomic E-state index is 0.407. The second-order valence-corrected chi connectivity index (χ2v) is 6.17. The number of nitrogens with two attached hydrogens (primary N) is 1. The van der Waals surface area contributed by atoms with E-state index in [1.165, 1.54) is 11.1 Å². The maximum absolute atomic E-state index is 5.67. The van der Waals surface area contributed by atoms with E-state index in [0.29, 0.717) is 4.99 Å². The minimum atomic E-state index is 0.407. The molecule has 0 aliphatic rings. The minimum Gasteiger partial charge on any atom is -0.389 e. The second-order valence-electron chi connectivity index (χ2n) is 4.87. The number of hydrogen-bond donors (Lipinski definition) is 1. The first-order valence-electron chi connectivity index (χ1n) is 6.33. The van der Waals surface area contributed by atoms with Gasteiger partial charge in [0.15, 0.2) is 0 Å². The summed E-state index contributed by atoms with van der Waals surface area (Å²) in [6, 6.07) is 14.6. The Morgan fingerprint density at radius 2 is 2.00 bits per heavy atom. The molecule has 0 saturated carbocycles. The number of halogens is 1. The van der Waals surface area contributed by atoms with Gasteiger partial charge in [0.25, 0.3) is 0 Å². The first-order chi connectivity index (χ1) is 9.47. The van der Waals surface area contributed by atoms with Crippen LogP contribution in [0.5, 0.6) is 0 Å². The molecule has 0 atom stereocenters. The molecule has 0 fully saturated rings. The van der Waals surface area contributed by atoms with Gasteiger partial charge < -0.3 is 10.6 Å². The molecule has 0 radical (unpaired) electrons. The van der Waals surface area contributed by atoms with Crippen molar-refractivity contribution in [1.82, 2.24) is 0 Å². The van der Waals surface area contributed by atoms with Gasteiger partial charge in [-0.15, -0.1) is 0 Å². The average Bonchev–Trinajstić information content (AvgIpc) is 2.38. The van der Waals surface area contributed by atoms with Crippen LogP contribution < -0.4 is 10.6 Å². The maximum Gasteiger partial charge on any atom is 0.105 e. The fraction of sp³-hybridized carbons (Fsp3) is 0.188. The molecule has 0 amide bonds. The number of benzene rings is 2. The predicted molar refractivity (Wildman–Crippen MR) is 93.3 cm³/mol. The molecular formula is C16H17BrN2S. The van der Waals surface area contributed by atoms with Crippen molar-refractivity contribution >= 4 is 38.8 Å². The second kappa shape index (κ2) is 6.37. The molecule has 0 saturated heterocycles. The number of nitrogens with zero attached hydrogens (tertiary/aromatic N) is 1. The van der Waals surface area contributed by atoms with Gasteiger partial charge in [0.2, 0.25) is 0 Å². The average molecular weight is 349 g/mol. The number of hydrogen-bond acceptors (Lipinski definition) is 2. The Hall–Kier alpha value is -1.39. The molecule has 2 rings (SSSR count). The third-order valence-electron chi connectivity index (χ3n) is 3.16. The predicted octanol–water partition coefficient (Wildman–Crippen LogP) is 4.03. The topological polar surface area (TPSA) is 29.3 Å². The summed E-state index contributed by atoms with van der Waals surface area (Å²) in [6.07, 6.45) is 0. The first-order valence-corrected chi connectivity index (χ1v) is 7.53. The number of aryl methyl sites for hydroxylation is 1. The molecule has 2 aromatic rings. The Kier molecular flexibility index (Phi) is 4.78. The molecule has 20 heavy (non-hydrogen) atoms. The quantitative estimate of drug-likeness (QED) is 0.845. The van der Waals surface area contributed by atoms with Gasteiger partial charge in [-0.05, 0) is 46.6 Å². The van der Waals surface area contributed by atoms with E-state index in [0.717, 1.165) is 22.3 Å². The highest BCUT2D eigenvalue weighted by Crippen LogP contribution is 2.24. The molecule has 2 N–H and O–H groups in total. The van der Waals surface area contributed by atoms with Crippen LogP contribution in [-0.4, -0.2) is 12.0 Å². The van der Waals surface area contributed by atoms with Crippen molar-refractivity contribution in [3.63, 3.8) is 0 Å². The van der Waals surface area contributed by atoms with Crippen molar-refractivity contribution in [2.45, 2.75) is 13.5 Å². The van der Waals surface area contributed by atoms with Gasteiger partial charge in [-0.3, -0.25) is 0 Å². The van der Waals surface area contributed by atoms with Crippen LogP contribution in [0, 0.1) is 6.92 Å². The van der Waals surface area contributed by atoms with Crippen LogP contribution in [0.4, 0.5) is 5.69 Å². The van der Waals surface area contributed by atoms with Crippen molar-refractivity contribution in [1.29, 1.82) is 0 Å². The summed E-state index contributed by atoms with van der Waals surface area (Å²) >= 11 is 8.53. The summed E-state index contributed by atoms with van der Waals surface area (Å²) < 4.78 is 0.929. The first kappa shape index (κ1) is 15.0. The zero-order valence-electron chi connectivity index (χ0n) is 11.6. The van der Waals surface area contributed by atoms with Gasteiger partial charge in [0.1, 0.15) is 4.99 Å². The molecule has 104 valence electrons. The fourth-order valence-electron chi connectivity index (χ4n) is 2.12. The molecule has 2 aromatic carbocycles. The zero-order valence-corrected chi connectivity index (χ0v) is 14.0. The van der Waals surface area contributed by atoms with Crippen LogP contribution >= 0.6 is 28.1 Å². The zero-order chi connectivity index (χ0) is 14.7. The molecule has 0 spiro atoms. The van der Waals surface area contributed by atoms with Crippen molar-refractivity contribution < 1.29 is 0 Å².